The van der Waals surface area contributed by atoms with Crippen LogP contribution in [0.25, 0.3) is 0 Å². The van der Waals surface area contributed by atoms with Gasteiger partial charge in [0.15, 0.2) is 0 Å². The van der Waals surface area contributed by atoms with Crippen molar-refractivity contribution in [2.75, 3.05) is 5.32 Å². The fraction of sp³-hybridized carbons (Fsp3) is 0.250. The Hall–Kier alpha value is -2.04. The molecule has 112 valence electrons. The Morgan fingerprint density at radius 2 is 1.67 bits per heavy atom. The molecule has 0 aliphatic carbocycles. The van der Waals surface area contributed by atoms with Crippen LogP contribution in [0, 0.1) is 12.7 Å². The maximum atomic E-state index is 13.8. The van der Waals surface area contributed by atoms with E-state index >= 15 is 0 Å². The fourth-order valence-electron chi connectivity index (χ4n) is 2.24. The molecule has 0 aliphatic rings. The molecule has 0 saturated carbocycles. The van der Waals surface area contributed by atoms with Gasteiger partial charge >= 0.3 is 6.18 Å². The third-order valence-electron chi connectivity index (χ3n) is 3.32. The molecular formula is C16H15F4N. The minimum Gasteiger partial charge on any atom is -0.376 e. The van der Waals surface area contributed by atoms with Crippen LogP contribution in [0.2, 0.25) is 0 Å². The largest absolute Gasteiger partial charge is 0.416 e. The lowest BCUT2D eigenvalue weighted by molar-refractivity contribution is -0.138. The normalized spacial score (nSPS) is 13.0. The molecule has 0 amide bonds. The van der Waals surface area contributed by atoms with Gasteiger partial charge in [-0.1, -0.05) is 30.3 Å². The molecule has 5 heteroatoms. The molecule has 0 spiro atoms. The van der Waals surface area contributed by atoms with Crippen molar-refractivity contribution in [1.29, 1.82) is 0 Å². The Bertz CT molecular complexity index is 614. The monoisotopic (exact) mass is 297 g/mol. The van der Waals surface area contributed by atoms with Crippen LogP contribution in [0.4, 0.5) is 23.2 Å². The number of rotatable bonds is 3. The Morgan fingerprint density at radius 1 is 1.00 bits per heavy atom. The molecule has 0 heterocycles. The van der Waals surface area contributed by atoms with Gasteiger partial charge in [-0.3, -0.25) is 0 Å². The number of hydrogen-bond donors (Lipinski definition) is 1. The molecule has 0 fully saturated rings. The van der Waals surface area contributed by atoms with Gasteiger partial charge in [0.05, 0.1) is 11.3 Å². The van der Waals surface area contributed by atoms with Gasteiger partial charge in [0, 0.05) is 6.04 Å². The first-order valence-electron chi connectivity index (χ1n) is 6.48. The zero-order valence-electron chi connectivity index (χ0n) is 11.6. The van der Waals surface area contributed by atoms with Crippen LogP contribution in [0.15, 0.2) is 42.5 Å². The second kappa shape index (κ2) is 5.76. The van der Waals surface area contributed by atoms with E-state index in [-0.39, 0.29) is 11.3 Å². The summed E-state index contributed by atoms with van der Waals surface area (Å²) in [5.74, 6) is -0.480. The van der Waals surface area contributed by atoms with E-state index in [4.69, 9.17) is 0 Å². The Balaban J connectivity index is 2.36. The van der Waals surface area contributed by atoms with Crippen molar-refractivity contribution < 1.29 is 17.6 Å². The third-order valence-corrected chi connectivity index (χ3v) is 3.32. The molecule has 2 rings (SSSR count). The van der Waals surface area contributed by atoms with Gasteiger partial charge in [-0.2, -0.15) is 13.2 Å². The highest BCUT2D eigenvalue weighted by Crippen LogP contribution is 2.35. The van der Waals surface area contributed by atoms with Crippen LogP contribution >= 0.6 is 0 Å². The SMILES string of the molecule is Cc1cccc(F)c1NC(C)c1ccccc1C(F)(F)F. The maximum Gasteiger partial charge on any atom is 0.416 e. The van der Waals surface area contributed by atoms with Crippen LogP contribution in [0.1, 0.15) is 29.7 Å². The molecule has 2 aromatic carbocycles. The van der Waals surface area contributed by atoms with Gasteiger partial charge < -0.3 is 5.32 Å². The fourth-order valence-corrected chi connectivity index (χ4v) is 2.24. The third kappa shape index (κ3) is 3.35. The topological polar surface area (TPSA) is 12.0 Å². The van der Waals surface area contributed by atoms with Crippen LogP contribution in [-0.2, 0) is 6.18 Å². The van der Waals surface area contributed by atoms with Crippen molar-refractivity contribution in [3.63, 3.8) is 0 Å². The predicted octanol–water partition coefficient (Wildman–Crippen LogP) is 5.33. The summed E-state index contributed by atoms with van der Waals surface area (Å²) in [5.41, 5.74) is 0.250. The first-order valence-corrected chi connectivity index (χ1v) is 6.48. The summed E-state index contributed by atoms with van der Waals surface area (Å²) in [7, 11) is 0. The lowest BCUT2D eigenvalue weighted by Gasteiger charge is -2.21. The van der Waals surface area contributed by atoms with Crippen LogP contribution in [0.3, 0.4) is 0 Å². The summed E-state index contributed by atoms with van der Waals surface area (Å²) in [6.07, 6.45) is -4.43. The average Bonchev–Trinajstić information content (AvgIpc) is 2.42. The van der Waals surface area contributed by atoms with Crippen LogP contribution in [-0.4, -0.2) is 0 Å². The van der Waals surface area contributed by atoms with E-state index in [2.05, 4.69) is 5.32 Å². The Morgan fingerprint density at radius 3 is 2.29 bits per heavy atom. The summed E-state index contributed by atoms with van der Waals surface area (Å²) < 4.78 is 52.8. The van der Waals surface area contributed by atoms with E-state index in [1.807, 2.05) is 0 Å². The van der Waals surface area contributed by atoms with Crippen molar-refractivity contribution in [3.05, 3.63) is 65.0 Å². The lowest BCUT2D eigenvalue weighted by Crippen LogP contribution is -2.16. The van der Waals surface area contributed by atoms with Gasteiger partial charge in [0.2, 0.25) is 0 Å². The molecule has 0 aliphatic heterocycles. The Labute approximate surface area is 120 Å². The predicted molar refractivity (Wildman–Crippen MR) is 74.6 cm³/mol. The second-order valence-electron chi connectivity index (χ2n) is 4.88. The summed E-state index contributed by atoms with van der Waals surface area (Å²) in [5, 5.41) is 2.83. The maximum absolute atomic E-state index is 13.8. The van der Waals surface area contributed by atoms with Gasteiger partial charge in [-0.05, 0) is 37.1 Å². The average molecular weight is 297 g/mol. The number of hydrogen-bond acceptors (Lipinski definition) is 1. The quantitative estimate of drug-likeness (QED) is 0.755. The van der Waals surface area contributed by atoms with Crippen molar-refractivity contribution in [3.8, 4) is 0 Å². The highest BCUT2D eigenvalue weighted by molar-refractivity contribution is 5.53. The summed E-state index contributed by atoms with van der Waals surface area (Å²) in [6, 6.07) is 9.18. The molecule has 21 heavy (non-hydrogen) atoms. The number of nitrogens with one attached hydrogen (secondary N) is 1. The molecule has 1 unspecified atom stereocenters. The van der Waals surface area contributed by atoms with Gasteiger partial charge in [0.1, 0.15) is 5.82 Å². The molecule has 0 radical (unpaired) electrons. The van der Waals surface area contributed by atoms with E-state index in [1.54, 1.807) is 26.0 Å². The van der Waals surface area contributed by atoms with Gasteiger partial charge in [0.25, 0.3) is 0 Å². The molecule has 0 saturated heterocycles. The number of para-hydroxylation sites is 1. The summed E-state index contributed by atoms with van der Waals surface area (Å²) in [6.45, 7) is 3.28. The molecule has 1 atom stereocenters. The number of benzene rings is 2. The first kappa shape index (κ1) is 15.4. The van der Waals surface area contributed by atoms with E-state index in [0.717, 1.165) is 6.07 Å². The molecule has 2 aromatic rings. The highest BCUT2D eigenvalue weighted by Gasteiger charge is 2.34. The van der Waals surface area contributed by atoms with Crippen LogP contribution < -0.4 is 5.32 Å². The highest BCUT2D eigenvalue weighted by atomic mass is 19.4. The number of aryl methyl sites for hydroxylation is 1. The van der Waals surface area contributed by atoms with Gasteiger partial charge in [-0.25, -0.2) is 4.39 Å². The molecule has 1 N–H and O–H groups in total. The van der Waals surface area contributed by atoms with Crippen molar-refractivity contribution in [2.24, 2.45) is 0 Å². The number of alkyl halides is 3. The second-order valence-corrected chi connectivity index (χ2v) is 4.88. The van der Waals surface area contributed by atoms with Crippen LogP contribution in [0.5, 0.6) is 0 Å². The zero-order chi connectivity index (χ0) is 15.6. The van der Waals surface area contributed by atoms with E-state index in [9.17, 15) is 17.6 Å². The minimum atomic E-state index is -4.43. The van der Waals surface area contributed by atoms with Crippen molar-refractivity contribution >= 4 is 5.69 Å². The Kier molecular flexibility index (Phi) is 4.21. The molecular weight excluding hydrogens is 282 g/mol. The van der Waals surface area contributed by atoms with E-state index in [1.165, 1.54) is 24.3 Å². The number of halogens is 4. The first-order chi connectivity index (χ1) is 9.80. The molecule has 1 nitrogen and oxygen atoms in total. The minimum absolute atomic E-state index is 0.0904. The van der Waals surface area contributed by atoms with Crippen molar-refractivity contribution in [1.82, 2.24) is 0 Å². The van der Waals surface area contributed by atoms with Gasteiger partial charge in [-0.15, -0.1) is 0 Å². The smallest absolute Gasteiger partial charge is 0.376 e. The zero-order valence-corrected chi connectivity index (χ0v) is 11.6. The number of anilines is 1. The standard InChI is InChI=1S/C16H15F4N/c1-10-6-5-9-14(17)15(10)21-11(2)12-7-3-4-8-13(12)16(18,19)20/h3-9,11,21H,1-2H3. The lowest BCUT2D eigenvalue weighted by atomic mass is 10.0. The molecule has 0 aromatic heterocycles. The summed E-state index contributed by atoms with van der Waals surface area (Å²) in [4.78, 5) is 0. The van der Waals surface area contributed by atoms with E-state index in [0.29, 0.717) is 5.56 Å². The molecule has 0 bridgehead atoms. The summed E-state index contributed by atoms with van der Waals surface area (Å²) >= 11 is 0. The van der Waals surface area contributed by atoms with Crippen molar-refractivity contribution in [2.45, 2.75) is 26.1 Å². The van der Waals surface area contributed by atoms with E-state index < -0.39 is 23.6 Å².